The Kier molecular flexibility index (Phi) is 6.26. The molecule has 0 spiro atoms. The minimum absolute atomic E-state index is 0.0368. The number of amides is 2. The summed E-state index contributed by atoms with van der Waals surface area (Å²) < 4.78 is 32.5. The molecule has 0 radical (unpaired) electrons. The summed E-state index contributed by atoms with van der Waals surface area (Å²) in [7, 11) is -2.13. The lowest BCUT2D eigenvalue weighted by molar-refractivity contribution is -0.123. The first-order chi connectivity index (χ1) is 15.2. The van der Waals surface area contributed by atoms with E-state index in [2.05, 4.69) is 0 Å². The monoisotopic (exact) mass is 477 g/mol. The molecule has 2 aliphatic heterocycles. The van der Waals surface area contributed by atoms with Crippen LogP contribution in [0.4, 0.5) is 5.69 Å². The van der Waals surface area contributed by atoms with Gasteiger partial charge in [-0.05, 0) is 30.7 Å². The van der Waals surface area contributed by atoms with Crippen LogP contribution < -0.4 is 9.64 Å². The Labute approximate surface area is 192 Å². The number of carbonyl (C=O) groups excluding carboxylic acids is 2. The molecular weight excluding hydrogens is 454 g/mol. The van der Waals surface area contributed by atoms with Crippen molar-refractivity contribution in [3.05, 3.63) is 53.1 Å². The van der Waals surface area contributed by atoms with Crippen molar-refractivity contribution >= 4 is 39.1 Å². The number of nitrogens with zero attached hydrogens (tertiary/aromatic N) is 3. The molecule has 2 amide bonds. The molecule has 0 aliphatic carbocycles. The number of halogens is 1. The third kappa shape index (κ3) is 4.01. The van der Waals surface area contributed by atoms with Crippen molar-refractivity contribution in [2.75, 3.05) is 38.2 Å². The Bertz CT molecular complexity index is 1150. The van der Waals surface area contributed by atoms with Gasteiger partial charge >= 0.3 is 0 Å². The van der Waals surface area contributed by atoms with Gasteiger partial charge in [-0.3, -0.25) is 14.5 Å². The molecule has 0 saturated carbocycles. The van der Waals surface area contributed by atoms with E-state index in [0.29, 0.717) is 29.5 Å². The molecule has 170 valence electrons. The zero-order valence-corrected chi connectivity index (χ0v) is 19.4. The van der Waals surface area contributed by atoms with Crippen LogP contribution in [0, 0.1) is 6.92 Å². The molecule has 4 rings (SSSR count). The summed E-state index contributed by atoms with van der Waals surface area (Å²) in [5.41, 5.74) is 1.10. The lowest BCUT2D eigenvalue weighted by Crippen LogP contribution is -2.53. The van der Waals surface area contributed by atoms with E-state index in [-0.39, 0.29) is 36.2 Å². The van der Waals surface area contributed by atoms with Crippen LogP contribution >= 0.6 is 11.6 Å². The highest BCUT2D eigenvalue weighted by atomic mass is 35.5. The Hall–Kier alpha value is -2.46. The minimum Gasteiger partial charge on any atom is -0.495 e. The average Bonchev–Trinajstić information content (AvgIpc) is 3.09. The molecule has 1 atom stereocenters. The van der Waals surface area contributed by atoms with Gasteiger partial charge in [-0.2, -0.15) is 4.31 Å². The lowest BCUT2D eigenvalue weighted by atomic mass is 10.1. The maximum absolute atomic E-state index is 13.2. The fourth-order valence-corrected chi connectivity index (χ4v) is 5.73. The van der Waals surface area contributed by atoms with Gasteiger partial charge in [0, 0.05) is 37.3 Å². The van der Waals surface area contributed by atoms with Gasteiger partial charge in [-0.1, -0.05) is 29.8 Å². The van der Waals surface area contributed by atoms with Crippen molar-refractivity contribution in [1.82, 2.24) is 9.21 Å². The van der Waals surface area contributed by atoms with Crippen LogP contribution in [-0.2, 0) is 19.6 Å². The van der Waals surface area contributed by atoms with Crippen LogP contribution in [0.25, 0.3) is 0 Å². The van der Waals surface area contributed by atoms with Crippen molar-refractivity contribution in [3.8, 4) is 5.75 Å². The van der Waals surface area contributed by atoms with E-state index in [0.717, 1.165) is 10.5 Å². The van der Waals surface area contributed by atoms with Crippen LogP contribution in [0.1, 0.15) is 12.0 Å². The standard InChI is InChI=1S/C22H24ClN3O5S/c1-15-12-18(20(31-2)13-17(15)23)26-21(27)14-19(22(26)28)24-8-10-25(11-9-24)32(29,30)16-6-4-3-5-7-16/h3-7,12-13,19H,8-11,14H2,1-2H3/t19-/m0/s1. The number of ether oxygens (including phenoxy) is 1. The zero-order valence-electron chi connectivity index (χ0n) is 17.8. The molecule has 2 saturated heterocycles. The van der Waals surface area contributed by atoms with Crippen molar-refractivity contribution in [2.45, 2.75) is 24.3 Å². The molecule has 0 bridgehead atoms. The molecule has 0 aromatic heterocycles. The maximum Gasteiger partial charge on any atom is 0.251 e. The molecule has 8 nitrogen and oxygen atoms in total. The molecule has 2 aromatic carbocycles. The Morgan fingerprint density at radius 2 is 1.69 bits per heavy atom. The van der Waals surface area contributed by atoms with Gasteiger partial charge < -0.3 is 4.74 Å². The Morgan fingerprint density at radius 3 is 2.31 bits per heavy atom. The van der Waals surface area contributed by atoms with Gasteiger partial charge in [0.15, 0.2) is 0 Å². The number of carbonyl (C=O) groups is 2. The topological polar surface area (TPSA) is 87.2 Å². The number of anilines is 1. The van der Waals surface area contributed by atoms with Crippen LogP contribution in [0.5, 0.6) is 5.75 Å². The van der Waals surface area contributed by atoms with Crippen molar-refractivity contribution < 1.29 is 22.7 Å². The molecule has 2 heterocycles. The van der Waals surface area contributed by atoms with E-state index >= 15 is 0 Å². The van der Waals surface area contributed by atoms with E-state index in [4.69, 9.17) is 16.3 Å². The number of hydrogen-bond donors (Lipinski definition) is 0. The zero-order chi connectivity index (χ0) is 23.0. The highest BCUT2D eigenvalue weighted by molar-refractivity contribution is 7.89. The highest BCUT2D eigenvalue weighted by Crippen LogP contribution is 2.37. The van der Waals surface area contributed by atoms with Gasteiger partial charge in [0.05, 0.1) is 30.2 Å². The van der Waals surface area contributed by atoms with Gasteiger partial charge in [-0.25, -0.2) is 13.3 Å². The number of methoxy groups -OCH3 is 1. The molecule has 10 heteroatoms. The van der Waals surface area contributed by atoms with Crippen molar-refractivity contribution in [2.24, 2.45) is 0 Å². The second kappa shape index (κ2) is 8.82. The number of aryl methyl sites for hydroxylation is 1. The second-order valence-electron chi connectivity index (χ2n) is 7.81. The summed E-state index contributed by atoms with van der Waals surface area (Å²) in [6.45, 7) is 3.01. The van der Waals surface area contributed by atoms with E-state index < -0.39 is 16.1 Å². The van der Waals surface area contributed by atoms with Crippen molar-refractivity contribution in [3.63, 3.8) is 0 Å². The quantitative estimate of drug-likeness (QED) is 0.614. The number of sulfonamides is 1. The summed E-state index contributed by atoms with van der Waals surface area (Å²) in [5.74, 6) is -0.310. The first-order valence-electron chi connectivity index (χ1n) is 10.2. The van der Waals surface area contributed by atoms with E-state index in [1.165, 1.54) is 11.4 Å². The molecular formula is C22H24ClN3O5S. The highest BCUT2D eigenvalue weighted by Gasteiger charge is 2.45. The van der Waals surface area contributed by atoms with Crippen LogP contribution in [0.2, 0.25) is 5.02 Å². The number of rotatable bonds is 5. The molecule has 2 aromatic rings. The van der Waals surface area contributed by atoms with E-state index in [9.17, 15) is 18.0 Å². The minimum atomic E-state index is -3.59. The largest absolute Gasteiger partial charge is 0.495 e. The normalized spacial score (nSPS) is 20.7. The predicted octanol–water partition coefficient (Wildman–Crippen LogP) is 2.30. The number of benzene rings is 2. The summed E-state index contributed by atoms with van der Waals surface area (Å²) in [6.07, 6.45) is 0.0368. The SMILES string of the molecule is COc1cc(Cl)c(C)cc1N1C(=O)C[C@H](N2CCN(S(=O)(=O)c3ccccc3)CC2)C1=O. The van der Waals surface area contributed by atoms with Crippen LogP contribution in [0.3, 0.4) is 0 Å². The first-order valence-corrected chi connectivity index (χ1v) is 12.1. The summed E-state index contributed by atoms with van der Waals surface area (Å²) >= 11 is 6.16. The number of hydrogen-bond acceptors (Lipinski definition) is 6. The molecule has 2 fully saturated rings. The van der Waals surface area contributed by atoms with E-state index in [1.807, 2.05) is 4.90 Å². The molecule has 32 heavy (non-hydrogen) atoms. The summed E-state index contributed by atoms with van der Waals surface area (Å²) in [4.78, 5) is 29.3. The third-order valence-electron chi connectivity index (χ3n) is 5.92. The van der Waals surface area contributed by atoms with Crippen molar-refractivity contribution in [1.29, 1.82) is 0 Å². The predicted molar refractivity (Wildman–Crippen MR) is 120 cm³/mol. The first kappa shape index (κ1) is 22.7. The second-order valence-corrected chi connectivity index (χ2v) is 10.2. The number of imide groups is 1. The molecule has 2 aliphatic rings. The third-order valence-corrected chi connectivity index (χ3v) is 8.24. The summed E-state index contributed by atoms with van der Waals surface area (Å²) in [5, 5.41) is 0.483. The number of piperazine rings is 1. The van der Waals surface area contributed by atoms with Gasteiger partial charge in [-0.15, -0.1) is 0 Å². The maximum atomic E-state index is 13.2. The average molecular weight is 478 g/mol. The smallest absolute Gasteiger partial charge is 0.251 e. The van der Waals surface area contributed by atoms with Gasteiger partial charge in [0.1, 0.15) is 5.75 Å². The molecule has 0 N–H and O–H groups in total. The molecule has 0 unspecified atom stereocenters. The Balaban J connectivity index is 1.50. The van der Waals surface area contributed by atoms with Gasteiger partial charge in [0.25, 0.3) is 5.91 Å². The van der Waals surface area contributed by atoms with Crippen LogP contribution in [-0.4, -0.2) is 68.8 Å². The Morgan fingerprint density at radius 1 is 1.03 bits per heavy atom. The van der Waals surface area contributed by atoms with Crippen LogP contribution in [0.15, 0.2) is 47.4 Å². The fourth-order valence-electron chi connectivity index (χ4n) is 4.14. The van der Waals surface area contributed by atoms with E-state index in [1.54, 1.807) is 49.4 Å². The lowest BCUT2D eigenvalue weighted by Gasteiger charge is -2.36. The summed E-state index contributed by atoms with van der Waals surface area (Å²) in [6, 6.07) is 10.9. The van der Waals surface area contributed by atoms with Gasteiger partial charge in [0.2, 0.25) is 15.9 Å². The fraction of sp³-hybridized carbons (Fsp3) is 0.364.